The number of anilines is 1. The van der Waals surface area contributed by atoms with Gasteiger partial charge in [-0.1, -0.05) is 6.07 Å². The summed E-state index contributed by atoms with van der Waals surface area (Å²) in [6, 6.07) is 8.53. The number of rotatable bonds is 7. The van der Waals surface area contributed by atoms with Crippen molar-refractivity contribution in [2.45, 2.75) is 12.5 Å². The van der Waals surface area contributed by atoms with Gasteiger partial charge in [0.1, 0.15) is 11.5 Å². The Bertz CT molecular complexity index is 609. The van der Waals surface area contributed by atoms with Crippen molar-refractivity contribution in [3.05, 3.63) is 40.6 Å². The normalized spacial score (nSPS) is 11.6. The van der Waals surface area contributed by atoms with Gasteiger partial charge in [-0.2, -0.15) is 0 Å². The molecule has 6 nitrogen and oxygen atoms in total. The predicted octanol–water partition coefficient (Wildman–Crippen LogP) is 3.01. The van der Waals surface area contributed by atoms with Crippen molar-refractivity contribution in [1.29, 1.82) is 0 Å². The molecule has 1 aromatic heterocycles. The number of thiophene rings is 1. The molecular formula is C16H20N2O4S. The molecule has 1 atom stereocenters. The topological polar surface area (TPSA) is 79.8 Å². The standard InChI is InChI=1S/C16H20N2O4S/c1-21-12-8-11(9-13(10-12)22-2)18-16(20)17-6-5-14(19)15-4-3-7-23-15/h3-4,7-10,14,19H,5-6H2,1-2H3,(H2,17,18,20). The molecule has 0 saturated carbocycles. The molecule has 0 radical (unpaired) electrons. The average Bonchev–Trinajstić information content (AvgIpc) is 3.08. The molecule has 1 unspecified atom stereocenters. The van der Waals surface area contributed by atoms with Crippen molar-refractivity contribution in [1.82, 2.24) is 5.32 Å². The zero-order valence-electron chi connectivity index (χ0n) is 13.0. The number of aliphatic hydroxyl groups excluding tert-OH is 1. The van der Waals surface area contributed by atoms with Crippen LogP contribution in [0.1, 0.15) is 17.4 Å². The second-order valence-electron chi connectivity index (χ2n) is 4.80. The number of carbonyl (C=O) groups is 1. The summed E-state index contributed by atoms with van der Waals surface area (Å²) < 4.78 is 10.3. The largest absolute Gasteiger partial charge is 0.497 e. The van der Waals surface area contributed by atoms with E-state index in [1.165, 1.54) is 11.3 Å². The molecule has 23 heavy (non-hydrogen) atoms. The minimum Gasteiger partial charge on any atom is -0.497 e. The second kappa shape index (κ2) is 8.40. The summed E-state index contributed by atoms with van der Waals surface area (Å²) in [6.07, 6.45) is -0.109. The maximum absolute atomic E-state index is 11.9. The van der Waals surface area contributed by atoms with Crippen molar-refractivity contribution >= 4 is 23.1 Å². The number of aliphatic hydroxyl groups is 1. The van der Waals surface area contributed by atoms with Crippen molar-refractivity contribution in [3.63, 3.8) is 0 Å². The number of amides is 2. The summed E-state index contributed by atoms with van der Waals surface area (Å²) in [6.45, 7) is 0.367. The summed E-state index contributed by atoms with van der Waals surface area (Å²) >= 11 is 1.49. The first-order valence-electron chi connectivity index (χ1n) is 7.11. The highest BCUT2D eigenvalue weighted by Gasteiger charge is 2.10. The van der Waals surface area contributed by atoms with Crippen LogP contribution in [0.5, 0.6) is 11.5 Å². The average molecular weight is 336 g/mol. The van der Waals surface area contributed by atoms with Crippen LogP contribution in [0.25, 0.3) is 0 Å². The van der Waals surface area contributed by atoms with Gasteiger partial charge in [0.05, 0.1) is 20.3 Å². The molecule has 1 aromatic carbocycles. The fraction of sp³-hybridized carbons (Fsp3) is 0.312. The lowest BCUT2D eigenvalue weighted by Crippen LogP contribution is -2.30. The number of hydrogen-bond acceptors (Lipinski definition) is 5. The van der Waals surface area contributed by atoms with Crippen LogP contribution in [-0.4, -0.2) is 31.9 Å². The minimum atomic E-state index is -0.563. The highest BCUT2D eigenvalue weighted by molar-refractivity contribution is 7.10. The van der Waals surface area contributed by atoms with Crippen molar-refractivity contribution < 1.29 is 19.4 Å². The Labute approximate surface area is 139 Å². The molecule has 3 N–H and O–H groups in total. The molecule has 2 amide bonds. The molecular weight excluding hydrogens is 316 g/mol. The Hall–Kier alpha value is -2.25. The van der Waals surface area contributed by atoms with E-state index in [0.29, 0.717) is 30.2 Å². The third kappa shape index (κ3) is 5.15. The zero-order chi connectivity index (χ0) is 16.7. The number of urea groups is 1. The molecule has 0 spiro atoms. The molecule has 2 aromatic rings. The number of methoxy groups -OCH3 is 2. The Kier molecular flexibility index (Phi) is 6.25. The molecule has 2 rings (SSSR count). The smallest absolute Gasteiger partial charge is 0.319 e. The Morgan fingerprint density at radius 2 is 1.96 bits per heavy atom. The highest BCUT2D eigenvalue weighted by atomic mass is 32.1. The van der Waals surface area contributed by atoms with Crippen LogP contribution in [0.4, 0.5) is 10.5 Å². The Morgan fingerprint density at radius 3 is 2.52 bits per heavy atom. The molecule has 0 aliphatic rings. The number of benzene rings is 1. The fourth-order valence-corrected chi connectivity index (χ4v) is 2.75. The fourth-order valence-electron chi connectivity index (χ4n) is 2.00. The number of carbonyl (C=O) groups excluding carboxylic acids is 1. The molecule has 0 bridgehead atoms. The van der Waals surface area contributed by atoms with Crippen molar-refractivity contribution in [2.75, 3.05) is 26.1 Å². The van der Waals surface area contributed by atoms with E-state index in [-0.39, 0.29) is 6.03 Å². The number of hydrogen-bond donors (Lipinski definition) is 3. The van der Waals surface area contributed by atoms with Crippen molar-refractivity contribution in [2.24, 2.45) is 0 Å². The van der Waals surface area contributed by atoms with E-state index in [9.17, 15) is 9.90 Å². The molecule has 0 aliphatic carbocycles. The number of nitrogens with one attached hydrogen (secondary N) is 2. The van der Waals surface area contributed by atoms with E-state index in [1.807, 2.05) is 17.5 Å². The summed E-state index contributed by atoms with van der Waals surface area (Å²) in [5.41, 5.74) is 0.567. The lowest BCUT2D eigenvalue weighted by Gasteiger charge is -2.12. The van der Waals surface area contributed by atoms with Crippen LogP contribution in [0.15, 0.2) is 35.7 Å². The van der Waals surface area contributed by atoms with Crippen LogP contribution in [0, 0.1) is 0 Å². The van der Waals surface area contributed by atoms with Crippen LogP contribution < -0.4 is 20.1 Å². The third-order valence-corrected chi connectivity index (χ3v) is 4.16. The maximum Gasteiger partial charge on any atom is 0.319 e. The van der Waals surface area contributed by atoms with Gasteiger partial charge in [0.15, 0.2) is 0 Å². The Morgan fingerprint density at radius 1 is 1.26 bits per heavy atom. The molecule has 7 heteroatoms. The van der Waals surface area contributed by atoms with Gasteiger partial charge in [-0.15, -0.1) is 11.3 Å². The first kappa shape index (κ1) is 17.1. The van der Waals surface area contributed by atoms with Gasteiger partial charge in [0, 0.05) is 35.3 Å². The molecule has 124 valence electrons. The van der Waals surface area contributed by atoms with E-state index in [4.69, 9.17) is 9.47 Å². The van der Waals surface area contributed by atoms with Gasteiger partial charge in [-0.25, -0.2) is 4.79 Å². The quantitative estimate of drug-likeness (QED) is 0.726. The van der Waals surface area contributed by atoms with E-state index in [1.54, 1.807) is 32.4 Å². The first-order valence-corrected chi connectivity index (χ1v) is 7.99. The van der Waals surface area contributed by atoms with Gasteiger partial charge in [0.25, 0.3) is 0 Å². The molecule has 1 heterocycles. The van der Waals surface area contributed by atoms with Crippen LogP contribution in [0.2, 0.25) is 0 Å². The van der Waals surface area contributed by atoms with Gasteiger partial charge in [-0.3, -0.25) is 0 Å². The summed E-state index contributed by atoms with van der Waals surface area (Å²) in [5.74, 6) is 1.18. The van der Waals surface area contributed by atoms with E-state index in [2.05, 4.69) is 10.6 Å². The summed E-state index contributed by atoms with van der Waals surface area (Å²) in [5, 5.41) is 17.3. The van der Waals surface area contributed by atoms with Crippen LogP contribution >= 0.6 is 11.3 Å². The van der Waals surface area contributed by atoms with Gasteiger partial charge >= 0.3 is 6.03 Å². The lowest BCUT2D eigenvalue weighted by atomic mass is 10.2. The van der Waals surface area contributed by atoms with Crippen LogP contribution in [0.3, 0.4) is 0 Å². The lowest BCUT2D eigenvalue weighted by molar-refractivity contribution is 0.171. The van der Waals surface area contributed by atoms with Crippen molar-refractivity contribution in [3.8, 4) is 11.5 Å². The van der Waals surface area contributed by atoms with Crippen LogP contribution in [-0.2, 0) is 0 Å². The maximum atomic E-state index is 11.9. The van der Waals surface area contributed by atoms with Gasteiger partial charge in [-0.05, 0) is 17.9 Å². The van der Waals surface area contributed by atoms with E-state index < -0.39 is 6.10 Å². The molecule has 0 fully saturated rings. The second-order valence-corrected chi connectivity index (χ2v) is 5.78. The summed E-state index contributed by atoms with van der Waals surface area (Å²) in [7, 11) is 3.09. The molecule has 0 aliphatic heterocycles. The predicted molar refractivity (Wildman–Crippen MR) is 90.5 cm³/mol. The van der Waals surface area contributed by atoms with E-state index in [0.717, 1.165) is 4.88 Å². The van der Waals surface area contributed by atoms with E-state index >= 15 is 0 Å². The SMILES string of the molecule is COc1cc(NC(=O)NCCC(O)c2cccs2)cc(OC)c1. The molecule has 0 saturated heterocycles. The third-order valence-electron chi connectivity index (χ3n) is 3.18. The Balaban J connectivity index is 1.82. The van der Waals surface area contributed by atoms with Gasteiger partial charge in [0.2, 0.25) is 0 Å². The zero-order valence-corrected chi connectivity index (χ0v) is 13.9. The van der Waals surface area contributed by atoms with Gasteiger partial charge < -0.3 is 25.2 Å². The first-order chi connectivity index (χ1) is 11.1. The monoisotopic (exact) mass is 336 g/mol. The number of ether oxygens (including phenoxy) is 2. The minimum absolute atomic E-state index is 0.348. The highest BCUT2D eigenvalue weighted by Crippen LogP contribution is 2.25. The summed E-state index contributed by atoms with van der Waals surface area (Å²) in [4.78, 5) is 12.8.